The largest absolute Gasteiger partial charge is 0.375 e. The fourth-order valence-electron chi connectivity index (χ4n) is 4.53. The van der Waals surface area contributed by atoms with E-state index in [-0.39, 0.29) is 0 Å². The molecule has 3 heteroatoms. The Morgan fingerprint density at radius 2 is 0.818 bits per heavy atom. The van der Waals surface area contributed by atoms with E-state index in [1.165, 1.54) is 64.2 Å². The monoisotopic (exact) mass is 466 g/mol. The van der Waals surface area contributed by atoms with Crippen LogP contribution in [0.2, 0.25) is 0 Å². The molecule has 0 saturated carbocycles. The Bertz CT molecular complexity index is 406. The maximum absolute atomic E-state index is 11.7. The van der Waals surface area contributed by atoms with Gasteiger partial charge in [0.15, 0.2) is 0 Å². The van der Waals surface area contributed by atoms with Crippen LogP contribution in [0, 0.1) is 0 Å². The lowest BCUT2D eigenvalue weighted by molar-refractivity contribution is -0.119. The first-order valence-electron chi connectivity index (χ1n) is 14.8. The van der Waals surface area contributed by atoms with Crippen LogP contribution < -0.4 is 0 Å². The van der Waals surface area contributed by atoms with Crippen molar-refractivity contribution in [1.29, 1.82) is 0 Å². The minimum Gasteiger partial charge on any atom is -0.375 e. The lowest BCUT2D eigenvalue weighted by atomic mass is 9.99. The van der Waals surface area contributed by atoms with Crippen LogP contribution in [0.5, 0.6) is 0 Å². The first-order chi connectivity index (χ1) is 16.1. The molecule has 2 atom stereocenters. The van der Waals surface area contributed by atoms with E-state index >= 15 is 0 Å². The molecule has 0 fully saturated rings. The van der Waals surface area contributed by atoms with Crippen molar-refractivity contribution in [3.8, 4) is 0 Å². The van der Waals surface area contributed by atoms with Gasteiger partial charge in [0.1, 0.15) is 11.6 Å². The Kier molecular flexibility index (Phi) is 23.9. The van der Waals surface area contributed by atoms with E-state index < -0.39 is 0 Å². The van der Waals surface area contributed by atoms with E-state index in [2.05, 4.69) is 13.8 Å². The molecule has 33 heavy (non-hydrogen) atoms. The predicted molar refractivity (Wildman–Crippen MR) is 143 cm³/mol. The number of hydrogen-bond acceptors (Lipinski definition) is 3. The molecule has 3 nitrogen and oxygen atoms in total. The lowest BCUT2D eigenvalue weighted by Gasteiger charge is -2.26. The molecule has 0 aliphatic carbocycles. The van der Waals surface area contributed by atoms with Crippen molar-refractivity contribution in [3.63, 3.8) is 0 Å². The van der Waals surface area contributed by atoms with E-state index in [0.29, 0.717) is 36.6 Å². The summed E-state index contributed by atoms with van der Waals surface area (Å²) in [5, 5.41) is 0. The number of ketones is 2. The first kappa shape index (κ1) is 32.3. The minimum atomic E-state index is 0.335. The van der Waals surface area contributed by atoms with Gasteiger partial charge in [-0.1, -0.05) is 105 Å². The molecule has 0 radical (unpaired) electrons. The summed E-state index contributed by atoms with van der Waals surface area (Å²) in [6.45, 7) is 8.46. The quantitative estimate of drug-likeness (QED) is 0.119. The Morgan fingerprint density at radius 3 is 1.15 bits per heavy atom. The van der Waals surface area contributed by atoms with E-state index in [9.17, 15) is 9.59 Å². The van der Waals surface area contributed by atoms with Gasteiger partial charge in [-0.15, -0.1) is 0 Å². The minimum absolute atomic E-state index is 0.335. The zero-order chi connectivity index (χ0) is 24.6. The molecule has 0 bridgehead atoms. The Balaban J connectivity index is 4.69. The van der Waals surface area contributed by atoms with Crippen LogP contribution in [-0.2, 0) is 14.3 Å². The van der Waals surface area contributed by atoms with Crippen LogP contribution in [0.3, 0.4) is 0 Å². The summed E-state index contributed by atoms with van der Waals surface area (Å²) < 4.78 is 6.76. The second-order valence-electron chi connectivity index (χ2n) is 10.1. The van der Waals surface area contributed by atoms with Crippen LogP contribution in [0.25, 0.3) is 0 Å². The van der Waals surface area contributed by atoms with Crippen molar-refractivity contribution in [3.05, 3.63) is 0 Å². The second-order valence-corrected chi connectivity index (χ2v) is 10.1. The van der Waals surface area contributed by atoms with Crippen LogP contribution in [-0.4, -0.2) is 23.8 Å². The molecule has 196 valence electrons. The molecule has 0 aromatic carbocycles. The van der Waals surface area contributed by atoms with Crippen LogP contribution >= 0.6 is 0 Å². The highest BCUT2D eigenvalue weighted by Crippen LogP contribution is 2.22. The van der Waals surface area contributed by atoms with Crippen molar-refractivity contribution < 1.29 is 14.3 Å². The highest BCUT2D eigenvalue weighted by atomic mass is 16.5. The average Bonchev–Trinajstić information content (AvgIpc) is 2.82. The highest BCUT2D eigenvalue weighted by molar-refractivity contribution is 5.78. The molecule has 0 aromatic heterocycles. The Hall–Kier alpha value is -0.700. The molecule has 0 saturated heterocycles. The van der Waals surface area contributed by atoms with E-state index in [1.54, 1.807) is 0 Å². The summed E-state index contributed by atoms with van der Waals surface area (Å²) in [4.78, 5) is 23.3. The maximum atomic E-state index is 11.7. The SMILES string of the molecule is CCCCCCCC(CCCCC(=O)CC)OC(CCCCCCC)CCCCC(=O)CC. The smallest absolute Gasteiger partial charge is 0.132 e. The molecule has 0 heterocycles. The number of carbonyl (C=O) groups is 2. The number of carbonyl (C=O) groups excluding carboxylic acids is 2. The first-order valence-corrected chi connectivity index (χ1v) is 14.8. The van der Waals surface area contributed by atoms with Crippen LogP contribution in [0.4, 0.5) is 0 Å². The molecular formula is C30H58O3. The van der Waals surface area contributed by atoms with Crippen molar-refractivity contribution in [1.82, 2.24) is 0 Å². The third-order valence-corrected chi connectivity index (χ3v) is 6.90. The molecule has 0 amide bonds. The number of unbranched alkanes of at least 4 members (excludes halogenated alkanes) is 10. The second kappa shape index (κ2) is 24.4. The standard InChI is InChI=1S/C30H58O3/c1-5-9-11-13-15-23-29(25-19-17-21-27(31)7-3)33-30(24-16-14-12-10-6-2)26-20-18-22-28(32)8-4/h29-30H,5-26H2,1-4H3. The van der Waals surface area contributed by atoms with Gasteiger partial charge in [0.2, 0.25) is 0 Å². The summed E-state index contributed by atoms with van der Waals surface area (Å²) >= 11 is 0. The summed E-state index contributed by atoms with van der Waals surface area (Å²) in [6.07, 6.45) is 25.2. The zero-order valence-electron chi connectivity index (χ0n) is 22.9. The van der Waals surface area contributed by atoms with Gasteiger partial charge in [0.25, 0.3) is 0 Å². The summed E-state index contributed by atoms with van der Waals surface area (Å²) in [6, 6.07) is 0. The normalized spacial score (nSPS) is 13.2. The van der Waals surface area contributed by atoms with Gasteiger partial charge >= 0.3 is 0 Å². The summed E-state index contributed by atoms with van der Waals surface area (Å²) in [5.74, 6) is 0.775. The van der Waals surface area contributed by atoms with Gasteiger partial charge in [-0.2, -0.15) is 0 Å². The van der Waals surface area contributed by atoms with Gasteiger partial charge in [0, 0.05) is 25.7 Å². The fraction of sp³-hybridized carbons (Fsp3) is 0.933. The van der Waals surface area contributed by atoms with E-state index in [4.69, 9.17) is 4.74 Å². The molecule has 0 aromatic rings. The van der Waals surface area contributed by atoms with Gasteiger partial charge in [-0.25, -0.2) is 0 Å². The molecule has 0 aliphatic rings. The lowest BCUT2D eigenvalue weighted by Crippen LogP contribution is -2.23. The molecular weight excluding hydrogens is 408 g/mol. The highest BCUT2D eigenvalue weighted by Gasteiger charge is 2.17. The third kappa shape index (κ3) is 21.6. The molecule has 0 aliphatic heterocycles. The van der Waals surface area contributed by atoms with E-state index in [1.807, 2.05) is 13.8 Å². The fourth-order valence-corrected chi connectivity index (χ4v) is 4.53. The number of ether oxygens (including phenoxy) is 1. The van der Waals surface area contributed by atoms with E-state index in [0.717, 1.165) is 64.2 Å². The molecule has 0 spiro atoms. The molecule has 0 N–H and O–H groups in total. The predicted octanol–water partition coefficient (Wildman–Crippen LogP) is 9.54. The summed E-state index contributed by atoms with van der Waals surface area (Å²) in [5.41, 5.74) is 0. The molecule has 0 rings (SSSR count). The third-order valence-electron chi connectivity index (χ3n) is 6.90. The summed E-state index contributed by atoms with van der Waals surface area (Å²) in [7, 11) is 0. The van der Waals surface area contributed by atoms with Gasteiger partial charge < -0.3 is 4.74 Å². The van der Waals surface area contributed by atoms with Crippen molar-refractivity contribution in [2.24, 2.45) is 0 Å². The maximum Gasteiger partial charge on any atom is 0.132 e. The Labute approximate surface area is 207 Å². The number of Topliss-reactive ketones (excluding diaryl/α,β-unsaturated/α-hetero) is 2. The Morgan fingerprint density at radius 1 is 0.485 bits per heavy atom. The van der Waals surface area contributed by atoms with Crippen molar-refractivity contribution >= 4 is 11.6 Å². The topological polar surface area (TPSA) is 43.4 Å². The zero-order valence-corrected chi connectivity index (χ0v) is 22.9. The van der Waals surface area contributed by atoms with Crippen molar-refractivity contribution in [2.45, 2.75) is 181 Å². The molecule has 2 unspecified atom stereocenters. The van der Waals surface area contributed by atoms with Crippen LogP contribution in [0.15, 0.2) is 0 Å². The van der Waals surface area contributed by atoms with Gasteiger partial charge in [-0.05, 0) is 38.5 Å². The van der Waals surface area contributed by atoms with Crippen LogP contribution in [0.1, 0.15) is 169 Å². The number of rotatable bonds is 26. The van der Waals surface area contributed by atoms with Gasteiger partial charge in [-0.3, -0.25) is 9.59 Å². The van der Waals surface area contributed by atoms with Crippen molar-refractivity contribution in [2.75, 3.05) is 0 Å². The average molecular weight is 467 g/mol. The number of hydrogen-bond donors (Lipinski definition) is 0. The van der Waals surface area contributed by atoms with Gasteiger partial charge in [0.05, 0.1) is 12.2 Å².